The lowest BCUT2D eigenvalue weighted by molar-refractivity contribution is 0.0737. The summed E-state index contributed by atoms with van der Waals surface area (Å²) in [5.41, 5.74) is 0.755. The molecule has 7 heteroatoms. The number of benzene rings is 1. The lowest BCUT2D eigenvalue weighted by Gasteiger charge is -2.26. The first-order valence-corrected chi connectivity index (χ1v) is 7.56. The molecule has 0 saturated heterocycles. The number of carbonyl (C=O) groups is 1. The second-order valence-electron chi connectivity index (χ2n) is 4.97. The molecule has 0 bridgehead atoms. The fraction of sp³-hybridized carbons (Fsp3) is 0.250. The highest BCUT2D eigenvalue weighted by atomic mass is 79.9. The number of hydrogen-bond donors (Lipinski definition) is 0. The molecular weight excluding hydrogens is 370 g/mol. The summed E-state index contributed by atoms with van der Waals surface area (Å²) in [5, 5.41) is 0. The van der Waals surface area contributed by atoms with Crippen molar-refractivity contribution in [2.75, 3.05) is 14.2 Å². The molecule has 1 aromatic heterocycles. The van der Waals surface area contributed by atoms with E-state index in [4.69, 9.17) is 4.74 Å². The second-order valence-corrected chi connectivity index (χ2v) is 5.82. The minimum absolute atomic E-state index is 0.0279. The molecule has 23 heavy (non-hydrogen) atoms. The van der Waals surface area contributed by atoms with E-state index in [1.807, 2.05) is 0 Å². The van der Waals surface area contributed by atoms with Gasteiger partial charge < -0.3 is 9.64 Å². The summed E-state index contributed by atoms with van der Waals surface area (Å²) >= 11 is 3.29. The maximum Gasteiger partial charge on any atom is 0.259 e. The van der Waals surface area contributed by atoms with Crippen molar-refractivity contribution in [2.24, 2.45) is 0 Å². The Labute approximate surface area is 141 Å². The van der Waals surface area contributed by atoms with Crippen molar-refractivity contribution in [2.45, 2.75) is 13.0 Å². The smallest absolute Gasteiger partial charge is 0.259 e. The SMILES string of the molecule is COc1ncc(F)cc1C(=O)N(C)C(C)c1ccc(F)cc1Br. The first-order valence-electron chi connectivity index (χ1n) is 6.76. The topological polar surface area (TPSA) is 42.4 Å². The Hall–Kier alpha value is -2.02. The average Bonchev–Trinajstić information content (AvgIpc) is 2.52. The number of carbonyl (C=O) groups excluding carboxylic acids is 1. The van der Waals surface area contributed by atoms with E-state index >= 15 is 0 Å². The van der Waals surface area contributed by atoms with Crippen LogP contribution in [0.2, 0.25) is 0 Å². The van der Waals surface area contributed by atoms with Crippen molar-refractivity contribution in [1.29, 1.82) is 0 Å². The van der Waals surface area contributed by atoms with Gasteiger partial charge >= 0.3 is 0 Å². The highest BCUT2D eigenvalue weighted by Crippen LogP contribution is 2.29. The quantitative estimate of drug-likeness (QED) is 0.800. The molecule has 0 aliphatic heterocycles. The fourth-order valence-corrected chi connectivity index (χ4v) is 2.84. The van der Waals surface area contributed by atoms with Gasteiger partial charge in [-0.05, 0) is 30.7 Å². The number of methoxy groups -OCH3 is 1. The highest BCUT2D eigenvalue weighted by Gasteiger charge is 2.24. The molecule has 1 atom stereocenters. The standard InChI is InChI=1S/C16H15BrF2N2O2/c1-9(12-5-4-10(18)7-14(12)17)21(2)16(22)13-6-11(19)8-20-15(13)23-3/h4-9H,1-3H3. The van der Waals surface area contributed by atoms with Gasteiger partial charge in [-0.3, -0.25) is 4.79 Å². The van der Waals surface area contributed by atoms with Crippen LogP contribution >= 0.6 is 15.9 Å². The van der Waals surface area contributed by atoms with E-state index in [1.165, 1.54) is 24.1 Å². The molecule has 1 amide bonds. The zero-order chi connectivity index (χ0) is 17.1. The summed E-state index contributed by atoms with van der Waals surface area (Å²) in [6.45, 7) is 1.79. The van der Waals surface area contributed by atoms with Crippen LogP contribution in [0.4, 0.5) is 8.78 Å². The van der Waals surface area contributed by atoms with Crippen molar-refractivity contribution >= 4 is 21.8 Å². The van der Waals surface area contributed by atoms with E-state index in [2.05, 4.69) is 20.9 Å². The monoisotopic (exact) mass is 384 g/mol. The third-order valence-corrected chi connectivity index (χ3v) is 4.24. The largest absolute Gasteiger partial charge is 0.480 e. The van der Waals surface area contributed by atoms with Gasteiger partial charge in [-0.1, -0.05) is 22.0 Å². The van der Waals surface area contributed by atoms with E-state index in [-0.39, 0.29) is 23.3 Å². The molecule has 1 unspecified atom stereocenters. The molecule has 1 aromatic carbocycles. The molecule has 0 aliphatic carbocycles. The van der Waals surface area contributed by atoms with Crippen molar-refractivity contribution < 1.29 is 18.3 Å². The Balaban J connectivity index is 2.34. The molecule has 1 heterocycles. The molecule has 0 saturated carbocycles. The van der Waals surface area contributed by atoms with Crippen LogP contribution in [0.15, 0.2) is 34.9 Å². The van der Waals surface area contributed by atoms with Crippen LogP contribution in [0.5, 0.6) is 5.88 Å². The zero-order valence-corrected chi connectivity index (χ0v) is 14.4. The van der Waals surface area contributed by atoms with Gasteiger partial charge in [-0.25, -0.2) is 13.8 Å². The number of rotatable bonds is 4. The first-order chi connectivity index (χ1) is 10.8. The average molecular weight is 385 g/mol. The predicted molar refractivity (Wildman–Crippen MR) is 85.4 cm³/mol. The molecular formula is C16H15BrF2N2O2. The molecule has 0 aliphatic rings. The predicted octanol–water partition coefficient (Wildman–Crippen LogP) is 3.96. The van der Waals surface area contributed by atoms with E-state index in [1.54, 1.807) is 20.0 Å². The number of amides is 1. The fourth-order valence-electron chi connectivity index (χ4n) is 2.16. The third-order valence-electron chi connectivity index (χ3n) is 3.56. The summed E-state index contributed by atoms with van der Waals surface area (Å²) in [4.78, 5) is 17.8. The van der Waals surface area contributed by atoms with Gasteiger partial charge in [-0.15, -0.1) is 0 Å². The van der Waals surface area contributed by atoms with Gasteiger partial charge in [0.05, 0.1) is 19.3 Å². The van der Waals surface area contributed by atoms with Gasteiger partial charge in [0.15, 0.2) is 0 Å². The van der Waals surface area contributed by atoms with E-state index in [0.717, 1.165) is 17.8 Å². The molecule has 4 nitrogen and oxygen atoms in total. The van der Waals surface area contributed by atoms with Crippen LogP contribution < -0.4 is 4.74 Å². The van der Waals surface area contributed by atoms with Gasteiger partial charge in [-0.2, -0.15) is 0 Å². The highest BCUT2D eigenvalue weighted by molar-refractivity contribution is 9.10. The number of nitrogens with zero attached hydrogens (tertiary/aromatic N) is 2. The van der Waals surface area contributed by atoms with Crippen molar-refractivity contribution in [3.63, 3.8) is 0 Å². The zero-order valence-electron chi connectivity index (χ0n) is 12.8. The number of ether oxygens (including phenoxy) is 1. The maximum atomic E-state index is 13.4. The molecule has 2 aromatic rings. The van der Waals surface area contributed by atoms with Crippen LogP contribution in [0.3, 0.4) is 0 Å². The van der Waals surface area contributed by atoms with Crippen LogP contribution in [0, 0.1) is 11.6 Å². The van der Waals surface area contributed by atoms with Crippen LogP contribution in [-0.2, 0) is 0 Å². The summed E-state index contributed by atoms with van der Waals surface area (Å²) in [6.07, 6.45) is 0.982. The van der Waals surface area contributed by atoms with Crippen LogP contribution in [-0.4, -0.2) is 29.9 Å². The van der Waals surface area contributed by atoms with Gasteiger partial charge in [0, 0.05) is 11.5 Å². The Morgan fingerprint density at radius 2 is 2.00 bits per heavy atom. The lowest BCUT2D eigenvalue weighted by Crippen LogP contribution is -2.30. The van der Waals surface area contributed by atoms with Crippen LogP contribution in [0.25, 0.3) is 0 Å². The number of hydrogen-bond acceptors (Lipinski definition) is 3. The number of halogens is 3. The molecule has 0 fully saturated rings. The van der Waals surface area contributed by atoms with E-state index in [0.29, 0.717) is 4.47 Å². The summed E-state index contributed by atoms with van der Waals surface area (Å²) in [5.74, 6) is -1.40. The number of pyridine rings is 1. The Morgan fingerprint density at radius 1 is 1.30 bits per heavy atom. The van der Waals surface area contributed by atoms with Crippen molar-refractivity contribution in [1.82, 2.24) is 9.88 Å². The second kappa shape index (κ2) is 7.04. The minimum Gasteiger partial charge on any atom is -0.480 e. The van der Waals surface area contributed by atoms with Gasteiger partial charge in [0.1, 0.15) is 17.2 Å². The van der Waals surface area contributed by atoms with Gasteiger partial charge in [0.25, 0.3) is 5.91 Å². The number of aromatic nitrogens is 1. The third kappa shape index (κ3) is 3.67. The molecule has 2 rings (SSSR count). The minimum atomic E-state index is -0.627. The molecule has 0 N–H and O–H groups in total. The Morgan fingerprint density at radius 3 is 2.61 bits per heavy atom. The van der Waals surface area contributed by atoms with Crippen molar-refractivity contribution in [3.8, 4) is 5.88 Å². The Kier molecular flexibility index (Phi) is 5.30. The van der Waals surface area contributed by atoms with Gasteiger partial charge in [0.2, 0.25) is 5.88 Å². The van der Waals surface area contributed by atoms with E-state index < -0.39 is 11.7 Å². The summed E-state index contributed by atoms with van der Waals surface area (Å²) in [7, 11) is 2.93. The lowest BCUT2D eigenvalue weighted by atomic mass is 10.1. The Bertz CT molecular complexity index is 740. The summed E-state index contributed by atoms with van der Waals surface area (Å²) in [6, 6.07) is 4.95. The summed E-state index contributed by atoms with van der Waals surface area (Å²) < 4.78 is 32.2. The first kappa shape index (κ1) is 17.3. The molecule has 0 radical (unpaired) electrons. The normalized spacial score (nSPS) is 11.9. The van der Waals surface area contributed by atoms with Crippen molar-refractivity contribution in [3.05, 3.63) is 57.7 Å². The van der Waals surface area contributed by atoms with E-state index in [9.17, 15) is 13.6 Å². The van der Waals surface area contributed by atoms with Crippen LogP contribution in [0.1, 0.15) is 28.9 Å². The molecule has 0 spiro atoms. The maximum absolute atomic E-state index is 13.4. The molecule has 122 valence electrons.